The molecule has 0 saturated carbocycles. The second-order valence-corrected chi connectivity index (χ2v) is 5.06. The Kier molecular flexibility index (Phi) is 3.35. The van der Waals surface area contributed by atoms with E-state index in [2.05, 4.69) is 10.3 Å². The maximum Gasteiger partial charge on any atom is 0.156 e. The predicted octanol–water partition coefficient (Wildman–Crippen LogP) is 3.62. The zero-order valence-corrected chi connectivity index (χ0v) is 12.0. The number of aromatic nitrogens is 3. The van der Waals surface area contributed by atoms with E-state index in [-0.39, 0.29) is 11.5 Å². The van der Waals surface area contributed by atoms with E-state index in [1.165, 1.54) is 10.7 Å². The van der Waals surface area contributed by atoms with Crippen LogP contribution >= 0.6 is 11.6 Å². The zero-order chi connectivity index (χ0) is 15.0. The van der Waals surface area contributed by atoms with Crippen molar-refractivity contribution in [1.29, 1.82) is 0 Å². The first-order valence-corrected chi connectivity index (χ1v) is 6.68. The Balaban J connectivity index is 2.11. The summed E-state index contributed by atoms with van der Waals surface area (Å²) in [4.78, 5) is 0. The van der Waals surface area contributed by atoms with Crippen molar-refractivity contribution < 1.29 is 4.39 Å². The summed E-state index contributed by atoms with van der Waals surface area (Å²) in [5, 5.41) is 8.66. The van der Waals surface area contributed by atoms with E-state index < -0.39 is 5.82 Å². The number of hydrogen-bond donors (Lipinski definition) is 1. The lowest BCUT2D eigenvalue weighted by atomic mass is 10.1. The molecule has 0 saturated heterocycles. The first kappa shape index (κ1) is 13.6. The van der Waals surface area contributed by atoms with Crippen LogP contribution in [-0.2, 0) is 0 Å². The molecule has 1 heterocycles. The van der Waals surface area contributed by atoms with Crippen LogP contribution in [0.2, 0.25) is 5.02 Å². The van der Waals surface area contributed by atoms with Gasteiger partial charge in [0.2, 0.25) is 0 Å². The molecule has 3 rings (SSSR count). The highest BCUT2D eigenvalue weighted by molar-refractivity contribution is 6.31. The molecule has 2 aromatic carbocycles. The van der Waals surface area contributed by atoms with Gasteiger partial charge in [-0.2, -0.15) is 4.68 Å². The lowest BCUT2D eigenvalue weighted by molar-refractivity contribution is 0.608. The fourth-order valence-electron chi connectivity index (χ4n) is 2.09. The van der Waals surface area contributed by atoms with Gasteiger partial charge in [0, 0.05) is 10.6 Å². The molecule has 0 fully saturated rings. The van der Waals surface area contributed by atoms with Gasteiger partial charge in [0.15, 0.2) is 5.82 Å². The average molecular weight is 303 g/mol. The summed E-state index contributed by atoms with van der Waals surface area (Å²) in [6.45, 7) is 1.89. The van der Waals surface area contributed by atoms with Gasteiger partial charge in [0.1, 0.15) is 17.2 Å². The molecule has 0 atom stereocenters. The lowest BCUT2D eigenvalue weighted by Crippen LogP contribution is -2.04. The van der Waals surface area contributed by atoms with E-state index in [0.29, 0.717) is 10.7 Å². The summed E-state index contributed by atoms with van der Waals surface area (Å²) in [6.07, 6.45) is 0. The Morgan fingerprint density at radius 2 is 1.95 bits per heavy atom. The van der Waals surface area contributed by atoms with Crippen LogP contribution in [0.1, 0.15) is 5.56 Å². The molecule has 0 radical (unpaired) electrons. The summed E-state index contributed by atoms with van der Waals surface area (Å²) in [6, 6.07) is 11.7. The van der Waals surface area contributed by atoms with Crippen molar-refractivity contribution in [2.75, 3.05) is 5.73 Å². The number of para-hydroxylation sites is 1. The molecule has 0 spiro atoms. The molecule has 0 aliphatic carbocycles. The first-order valence-electron chi connectivity index (χ1n) is 6.30. The molecular formula is C15H12ClFN4. The van der Waals surface area contributed by atoms with Crippen molar-refractivity contribution in [3.05, 3.63) is 58.9 Å². The van der Waals surface area contributed by atoms with Gasteiger partial charge in [-0.1, -0.05) is 35.0 Å². The topological polar surface area (TPSA) is 56.7 Å². The number of nitrogens with zero attached hydrogens (tertiary/aromatic N) is 3. The van der Waals surface area contributed by atoms with Gasteiger partial charge in [0.25, 0.3) is 0 Å². The maximum atomic E-state index is 13.8. The van der Waals surface area contributed by atoms with Crippen LogP contribution in [0, 0.1) is 12.7 Å². The molecule has 0 aliphatic heterocycles. The summed E-state index contributed by atoms with van der Waals surface area (Å²) in [5.41, 5.74) is 8.52. The van der Waals surface area contributed by atoms with Crippen LogP contribution in [0.15, 0.2) is 42.5 Å². The van der Waals surface area contributed by atoms with Gasteiger partial charge in [-0.3, -0.25) is 0 Å². The molecule has 3 aromatic rings. The van der Waals surface area contributed by atoms with E-state index in [0.717, 1.165) is 11.1 Å². The van der Waals surface area contributed by atoms with Gasteiger partial charge in [-0.15, -0.1) is 5.10 Å². The normalized spacial score (nSPS) is 10.8. The number of hydrogen-bond acceptors (Lipinski definition) is 3. The van der Waals surface area contributed by atoms with Crippen molar-refractivity contribution in [3.8, 4) is 16.9 Å². The Labute approximate surface area is 126 Å². The molecule has 106 valence electrons. The number of nitrogens with two attached hydrogens (primary N) is 1. The number of halogens is 2. The monoisotopic (exact) mass is 302 g/mol. The van der Waals surface area contributed by atoms with Crippen molar-refractivity contribution in [2.24, 2.45) is 0 Å². The highest BCUT2D eigenvalue weighted by Gasteiger charge is 2.15. The minimum atomic E-state index is -0.409. The van der Waals surface area contributed by atoms with Crippen LogP contribution in [0.5, 0.6) is 0 Å². The van der Waals surface area contributed by atoms with E-state index in [9.17, 15) is 4.39 Å². The smallest absolute Gasteiger partial charge is 0.156 e. The quantitative estimate of drug-likeness (QED) is 0.786. The van der Waals surface area contributed by atoms with E-state index in [4.69, 9.17) is 17.3 Å². The summed E-state index contributed by atoms with van der Waals surface area (Å²) < 4.78 is 15.1. The maximum absolute atomic E-state index is 13.8. The Morgan fingerprint density at radius 3 is 2.67 bits per heavy atom. The molecular weight excluding hydrogens is 291 g/mol. The minimum absolute atomic E-state index is 0.263. The highest BCUT2D eigenvalue weighted by Crippen LogP contribution is 2.28. The second-order valence-electron chi connectivity index (χ2n) is 4.65. The number of anilines is 1. The highest BCUT2D eigenvalue weighted by atomic mass is 35.5. The molecule has 1 aromatic heterocycles. The number of nitrogen functional groups attached to an aromatic ring is 1. The molecule has 6 heteroatoms. The molecule has 4 nitrogen and oxygen atoms in total. The molecule has 0 unspecified atom stereocenters. The third kappa shape index (κ3) is 2.36. The summed E-state index contributed by atoms with van der Waals surface area (Å²) in [7, 11) is 0. The lowest BCUT2D eigenvalue weighted by Gasteiger charge is -2.05. The number of rotatable bonds is 2. The van der Waals surface area contributed by atoms with Crippen molar-refractivity contribution in [2.45, 2.75) is 6.92 Å². The summed E-state index contributed by atoms with van der Waals surface area (Å²) >= 11 is 6.01. The third-order valence-corrected chi connectivity index (χ3v) is 3.64. The van der Waals surface area contributed by atoms with Gasteiger partial charge in [-0.05, 0) is 36.8 Å². The van der Waals surface area contributed by atoms with Crippen LogP contribution in [0.25, 0.3) is 16.9 Å². The molecule has 0 aliphatic rings. The number of aryl methyl sites for hydroxylation is 1. The van der Waals surface area contributed by atoms with Gasteiger partial charge in [0.05, 0.1) is 0 Å². The Hall–Kier alpha value is -2.40. The standard InChI is InChI=1S/C15H12ClFN4/c1-9-8-10(6-7-11(9)16)14-15(18)21(20-19-14)13-5-3-2-4-12(13)17/h2-8H,18H2,1H3. The fourth-order valence-corrected chi connectivity index (χ4v) is 2.21. The first-order chi connectivity index (χ1) is 10.1. The predicted molar refractivity (Wildman–Crippen MR) is 80.9 cm³/mol. The zero-order valence-electron chi connectivity index (χ0n) is 11.2. The molecule has 0 bridgehead atoms. The van der Waals surface area contributed by atoms with Gasteiger partial charge in [-0.25, -0.2) is 4.39 Å². The minimum Gasteiger partial charge on any atom is -0.382 e. The van der Waals surface area contributed by atoms with Crippen LogP contribution in [-0.4, -0.2) is 15.0 Å². The summed E-state index contributed by atoms with van der Waals surface area (Å²) in [5.74, 6) is -0.130. The van der Waals surface area contributed by atoms with E-state index in [1.54, 1.807) is 30.3 Å². The second kappa shape index (κ2) is 5.18. The van der Waals surface area contributed by atoms with E-state index in [1.807, 2.05) is 13.0 Å². The Bertz CT molecular complexity index is 813. The largest absolute Gasteiger partial charge is 0.382 e. The Morgan fingerprint density at radius 1 is 1.19 bits per heavy atom. The average Bonchev–Trinajstić information content (AvgIpc) is 2.84. The van der Waals surface area contributed by atoms with Gasteiger partial charge < -0.3 is 5.73 Å². The van der Waals surface area contributed by atoms with Crippen molar-refractivity contribution in [1.82, 2.24) is 15.0 Å². The van der Waals surface area contributed by atoms with Crippen LogP contribution in [0.3, 0.4) is 0 Å². The third-order valence-electron chi connectivity index (χ3n) is 3.22. The molecule has 21 heavy (non-hydrogen) atoms. The van der Waals surface area contributed by atoms with Gasteiger partial charge >= 0.3 is 0 Å². The number of benzene rings is 2. The SMILES string of the molecule is Cc1cc(-c2nnn(-c3ccccc3F)c2N)ccc1Cl. The van der Waals surface area contributed by atoms with Crippen molar-refractivity contribution in [3.63, 3.8) is 0 Å². The molecule has 0 amide bonds. The molecule has 2 N–H and O–H groups in total. The van der Waals surface area contributed by atoms with E-state index >= 15 is 0 Å². The fraction of sp³-hybridized carbons (Fsp3) is 0.0667. The van der Waals surface area contributed by atoms with Crippen molar-refractivity contribution >= 4 is 17.4 Å². The van der Waals surface area contributed by atoms with Crippen LogP contribution < -0.4 is 5.73 Å². The van der Waals surface area contributed by atoms with Crippen LogP contribution in [0.4, 0.5) is 10.2 Å².